The fourth-order valence-electron chi connectivity index (χ4n) is 2.88. The third-order valence-electron chi connectivity index (χ3n) is 4.12. The molecule has 4 rings (SSSR count). The number of aliphatic hydroxyl groups is 2. The van der Waals surface area contributed by atoms with Crippen molar-refractivity contribution in [2.45, 2.75) is 19.1 Å². The quantitative estimate of drug-likeness (QED) is 0.716. The van der Waals surface area contributed by atoms with Crippen LogP contribution < -0.4 is 0 Å². The van der Waals surface area contributed by atoms with Gasteiger partial charge >= 0.3 is 0 Å². The molecule has 1 aliphatic carbocycles. The van der Waals surface area contributed by atoms with E-state index in [0.717, 1.165) is 16.1 Å². The van der Waals surface area contributed by atoms with E-state index in [1.165, 1.54) is 29.5 Å². The highest BCUT2D eigenvalue weighted by Crippen LogP contribution is 2.45. The van der Waals surface area contributed by atoms with Crippen LogP contribution in [0.25, 0.3) is 10.6 Å². The summed E-state index contributed by atoms with van der Waals surface area (Å²) >= 11 is 1.36. The first kappa shape index (κ1) is 14.5. The Labute approximate surface area is 136 Å². The number of hydrogen-bond acceptors (Lipinski definition) is 4. The Hall–Kier alpha value is -2.08. The van der Waals surface area contributed by atoms with Crippen LogP contribution in [0.5, 0.6) is 0 Å². The molecule has 2 aromatic carbocycles. The van der Waals surface area contributed by atoms with Crippen molar-refractivity contribution in [3.05, 3.63) is 75.5 Å². The van der Waals surface area contributed by atoms with Crippen molar-refractivity contribution in [2.75, 3.05) is 0 Å². The van der Waals surface area contributed by atoms with Crippen molar-refractivity contribution in [2.24, 2.45) is 0 Å². The zero-order valence-corrected chi connectivity index (χ0v) is 13.1. The maximum atomic E-state index is 13.5. The molecule has 5 heteroatoms. The SMILES string of the molecule is Cc1ccc(-c2nc3c(s2)C(O)c2ccc(F)cc2C3O)cc1. The van der Waals surface area contributed by atoms with E-state index >= 15 is 0 Å². The average Bonchev–Trinajstić information content (AvgIpc) is 2.99. The summed E-state index contributed by atoms with van der Waals surface area (Å²) in [5.41, 5.74) is 3.41. The molecule has 3 aromatic rings. The van der Waals surface area contributed by atoms with Gasteiger partial charge in [-0.15, -0.1) is 11.3 Å². The highest BCUT2D eigenvalue weighted by atomic mass is 32.1. The molecule has 2 unspecified atom stereocenters. The van der Waals surface area contributed by atoms with Gasteiger partial charge in [-0.3, -0.25) is 0 Å². The van der Waals surface area contributed by atoms with E-state index < -0.39 is 18.0 Å². The Balaban J connectivity index is 1.84. The smallest absolute Gasteiger partial charge is 0.124 e. The lowest BCUT2D eigenvalue weighted by Gasteiger charge is -2.24. The molecule has 0 spiro atoms. The number of aryl methyl sites for hydroxylation is 1. The molecule has 116 valence electrons. The lowest BCUT2D eigenvalue weighted by atomic mass is 9.89. The number of thiazole rings is 1. The van der Waals surface area contributed by atoms with Crippen molar-refractivity contribution in [1.82, 2.24) is 4.98 Å². The second-order valence-electron chi connectivity index (χ2n) is 5.71. The lowest BCUT2D eigenvalue weighted by molar-refractivity contribution is 0.173. The van der Waals surface area contributed by atoms with Gasteiger partial charge in [0.05, 0.1) is 10.6 Å². The van der Waals surface area contributed by atoms with Gasteiger partial charge in [-0.05, 0) is 30.2 Å². The predicted octanol–water partition coefficient (Wildman–Crippen LogP) is 3.73. The Kier molecular flexibility index (Phi) is 3.30. The van der Waals surface area contributed by atoms with Crippen LogP contribution in [0, 0.1) is 12.7 Å². The molecule has 1 aromatic heterocycles. The molecule has 0 fully saturated rings. The minimum atomic E-state index is -1.02. The average molecular weight is 327 g/mol. The van der Waals surface area contributed by atoms with Gasteiger partial charge in [0.25, 0.3) is 0 Å². The van der Waals surface area contributed by atoms with Crippen molar-refractivity contribution < 1.29 is 14.6 Å². The maximum absolute atomic E-state index is 13.5. The Morgan fingerprint density at radius 3 is 2.48 bits per heavy atom. The van der Waals surface area contributed by atoms with Crippen LogP contribution in [0.15, 0.2) is 42.5 Å². The first-order valence-corrected chi connectivity index (χ1v) is 8.09. The molecular weight excluding hydrogens is 313 g/mol. The topological polar surface area (TPSA) is 53.4 Å². The standard InChI is InChI=1S/C18H14FNO2S/c1-9-2-4-10(5-3-9)18-20-14-15(21)13-8-11(19)6-7-12(13)16(22)17(14)23-18/h2-8,15-16,21-22H,1H3. The number of benzene rings is 2. The van der Waals surface area contributed by atoms with Crippen LogP contribution in [0.1, 0.15) is 39.5 Å². The third-order valence-corrected chi connectivity index (χ3v) is 5.30. The number of aliphatic hydroxyl groups excluding tert-OH is 2. The van der Waals surface area contributed by atoms with Crippen molar-refractivity contribution >= 4 is 11.3 Å². The molecule has 0 bridgehead atoms. The molecule has 2 atom stereocenters. The minimum absolute atomic E-state index is 0.380. The van der Waals surface area contributed by atoms with Gasteiger partial charge in [-0.25, -0.2) is 9.37 Å². The summed E-state index contributed by atoms with van der Waals surface area (Å²) < 4.78 is 13.5. The predicted molar refractivity (Wildman–Crippen MR) is 86.8 cm³/mol. The molecule has 2 N–H and O–H groups in total. The molecule has 0 radical (unpaired) electrons. The van der Waals surface area contributed by atoms with Crippen LogP contribution in [0.2, 0.25) is 0 Å². The number of halogens is 1. The molecule has 0 saturated heterocycles. The van der Waals surface area contributed by atoms with E-state index in [-0.39, 0.29) is 0 Å². The molecule has 0 aliphatic heterocycles. The zero-order chi connectivity index (χ0) is 16.1. The Morgan fingerprint density at radius 1 is 1.00 bits per heavy atom. The number of hydrogen-bond donors (Lipinski definition) is 2. The Morgan fingerprint density at radius 2 is 1.74 bits per heavy atom. The van der Waals surface area contributed by atoms with E-state index in [1.54, 1.807) is 0 Å². The second-order valence-corrected chi connectivity index (χ2v) is 6.74. The molecule has 1 aliphatic rings. The van der Waals surface area contributed by atoms with E-state index in [0.29, 0.717) is 21.7 Å². The van der Waals surface area contributed by atoms with Crippen LogP contribution in [0.3, 0.4) is 0 Å². The molecule has 0 saturated carbocycles. The number of aromatic nitrogens is 1. The first-order valence-electron chi connectivity index (χ1n) is 7.27. The number of rotatable bonds is 1. The van der Waals surface area contributed by atoms with Gasteiger partial charge in [0.2, 0.25) is 0 Å². The van der Waals surface area contributed by atoms with Gasteiger partial charge in [0.15, 0.2) is 0 Å². The molecular formula is C18H14FNO2S. The number of fused-ring (bicyclic) bond motifs is 2. The van der Waals surface area contributed by atoms with Crippen LogP contribution in [-0.2, 0) is 0 Å². The summed E-state index contributed by atoms with van der Waals surface area (Å²) in [5.74, 6) is -0.438. The van der Waals surface area contributed by atoms with Gasteiger partial charge in [-0.2, -0.15) is 0 Å². The summed E-state index contributed by atoms with van der Waals surface area (Å²) in [7, 11) is 0. The molecule has 0 amide bonds. The van der Waals surface area contributed by atoms with E-state index in [4.69, 9.17) is 0 Å². The van der Waals surface area contributed by atoms with Gasteiger partial charge in [0, 0.05) is 5.56 Å². The normalized spacial score (nSPS) is 19.3. The van der Waals surface area contributed by atoms with Gasteiger partial charge in [-0.1, -0.05) is 35.9 Å². The highest BCUT2D eigenvalue weighted by Gasteiger charge is 2.34. The Bertz CT molecular complexity index is 889. The van der Waals surface area contributed by atoms with Crippen LogP contribution in [-0.4, -0.2) is 15.2 Å². The van der Waals surface area contributed by atoms with Crippen LogP contribution in [0.4, 0.5) is 4.39 Å². The van der Waals surface area contributed by atoms with E-state index in [2.05, 4.69) is 4.98 Å². The summed E-state index contributed by atoms with van der Waals surface area (Å²) in [4.78, 5) is 5.11. The van der Waals surface area contributed by atoms with E-state index in [9.17, 15) is 14.6 Å². The largest absolute Gasteiger partial charge is 0.383 e. The fourth-order valence-corrected chi connectivity index (χ4v) is 3.98. The minimum Gasteiger partial charge on any atom is -0.383 e. The molecule has 3 nitrogen and oxygen atoms in total. The lowest BCUT2D eigenvalue weighted by Crippen LogP contribution is -2.16. The zero-order valence-electron chi connectivity index (χ0n) is 12.3. The van der Waals surface area contributed by atoms with Crippen molar-refractivity contribution in [1.29, 1.82) is 0 Å². The summed E-state index contributed by atoms with van der Waals surface area (Å²) in [6, 6.07) is 12.0. The van der Waals surface area contributed by atoms with Gasteiger partial charge < -0.3 is 10.2 Å². The van der Waals surface area contributed by atoms with Crippen molar-refractivity contribution in [3.8, 4) is 10.6 Å². The third kappa shape index (κ3) is 2.28. The molecule has 23 heavy (non-hydrogen) atoms. The molecule has 1 heterocycles. The van der Waals surface area contributed by atoms with E-state index in [1.807, 2.05) is 31.2 Å². The highest BCUT2D eigenvalue weighted by molar-refractivity contribution is 7.15. The van der Waals surface area contributed by atoms with Gasteiger partial charge in [0.1, 0.15) is 23.0 Å². The summed E-state index contributed by atoms with van der Waals surface area (Å²) in [6.45, 7) is 2.01. The fraction of sp³-hybridized carbons (Fsp3) is 0.167. The maximum Gasteiger partial charge on any atom is 0.124 e. The summed E-state index contributed by atoms with van der Waals surface area (Å²) in [5, 5.41) is 21.8. The second kappa shape index (κ2) is 5.23. The monoisotopic (exact) mass is 327 g/mol. The summed E-state index contributed by atoms with van der Waals surface area (Å²) in [6.07, 6.45) is -1.91. The first-order chi connectivity index (χ1) is 11.0. The van der Waals surface area contributed by atoms with Crippen LogP contribution >= 0.6 is 11.3 Å². The number of nitrogens with zero attached hydrogens (tertiary/aromatic N) is 1. The van der Waals surface area contributed by atoms with Crippen molar-refractivity contribution in [3.63, 3.8) is 0 Å².